The molecule has 1 aromatic carbocycles. The van der Waals surface area contributed by atoms with Crippen molar-refractivity contribution in [2.24, 2.45) is 0 Å². The number of benzene rings is 1. The van der Waals surface area contributed by atoms with Crippen molar-refractivity contribution in [1.29, 1.82) is 0 Å². The van der Waals surface area contributed by atoms with Crippen molar-refractivity contribution in [2.45, 2.75) is 25.7 Å². The molecule has 0 aliphatic rings. The van der Waals surface area contributed by atoms with E-state index in [1.54, 1.807) is 26.0 Å². The van der Waals surface area contributed by atoms with Crippen LogP contribution in [0.4, 0.5) is 4.39 Å². The Labute approximate surface area is 107 Å². The quantitative estimate of drug-likeness (QED) is 0.825. The summed E-state index contributed by atoms with van der Waals surface area (Å²) < 4.78 is 34.9. The second-order valence-electron chi connectivity index (χ2n) is 4.93. The van der Waals surface area contributed by atoms with Gasteiger partial charge >= 0.3 is 0 Å². The third-order valence-electron chi connectivity index (χ3n) is 2.96. The van der Waals surface area contributed by atoms with Crippen LogP contribution in [0.25, 0.3) is 0 Å². The van der Waals surface area contributed by atoms with E-state index in [4.69, 9.17) is 0 Å². The van der Waals surface area contributed by atoms with Crippen LogP contribution in [0.5, 0.6) is 0 Å². The predicted octanol–water partition coefficient (Wildman–Crippen LogP) is 2.11. The van der Waals surface area contributed by atoms with Crippen molar-refractivity contribution in [3.05, 3.63) is 35.6 Å². The van der Waals surface area contributed by atoms with E-state index in [1.165, 1.54) is 12.1 Å². The van der Waals surface area contributed by atoms with Crippen molar-refractivity contribution < 1.29 is 17.6 Å². The Morgan fingerprint density at radius 3 is 2.17 bits per heavy atom. The maximum atomic E-state index is 12.8. The lowest BCUT2D eigenvalue weighted by Crippen LogP contribution is -2.30. The summed E-state index contributed by atoms with van der Waals surface area (Å²) in [7, 11) is -3.15. The zero-order valence-electron chi connectivity index (χ0n) is 10.7. The van der Waals surface area contributed by atoms with Gasteiger partial charge in [0.1, 0.15) is 21.4 Å². The molecule has 3 nitrogen and oxygen atoms in total. The van der Waals surface area contributed by atoms with Gasteiger partial charge in [-0.15, -0.1) is 0 Å². The zero-order chi connectivity index (χ0) is 14.0. The maximum Gasteiger partial charge on any atom is 0.147 e. The molecule has 100 valence electrons. The monoisotopic (exact) mass is 272 g/mol. The number of carbonyl (C=O) groups is 1. The van der Waals surface area contributed by atoms with Gasteiger partial charge in [-0.3, -0.25) is 4.79 Å². The molecule has 1 rings (SSSR count). The highest BCUT2D eigenvalue weighted by molar-refractivity contribution is 7.90. The number of sulfone groups is 1. The van der Waals surface area contributed by atoms with Crippen LogP contribution in [0.2, 0.25) is 0 Å². The lowest BCUT2D eigenvalue weighted by atomic mass is 9.79. The fourth-order valence-corrected chi connectivity index (χ4v) is 2.17. The zero-order valence-corrected chi connectivity index (χ0v) is 11.6. The van der Waals surface area contributed by atoms with E-state index >= 15 is 0 Å². The number of rotatable bonds is 5. The SMILES string of the molecule is CC(C)(C(=O)CCS(C)(=O)=O)c1ccc(F)cc1. The fourth-order valence-electron chi connectivity index (χ4n) is 1.62. The number of Topliss-reactive ketones (excluding diaryl/α,β-unsaturated/α-hetero) is 1. The van der Waals surface area contributed by atoms with E-state index in [9.17, 15) is 17.6 Å². The first-order valence-electron chi connectivity index (χ1n) is 5.60. The molecule has 0 unspecified atom stereocenters. The highest BCUT2D eigenvalue weighted by atomic mass is 32.2. The van der Waals surface area contributed by atoms with Gasteiger partial charge in [0.25, 0.3) is 0 Å². The molecule has 0 atom stereocenters. The first kappa shape index (κ1) is 14.8. The van der Waals surface area contributed by atoms with E-state index in [-0.39, 0.29) is 23.8 Å². The Bertz CT molecular complexity index is 530. The minimum Gasteiger partial charge on any atom is -0.299 e. The summed E-state index contributed by atoms with van der Waals surface area (Å²) in [6.45, 7) is 3.43. The normalized spacial score (nSPS) is 12.4. The first-order chi connectivity index (χ1) is 8.13. The number of hydrogen-bond acceptors (Lipinski definition) is 3. The van der Waals surface area contributed by atoms with E-state index in [1.807, 2.05) is 0 Å². The lowest BCUT2D eigenvalue weighted by molar-refractivity contribution is -0.123. The molecule has 0 bridgehead atoms. The molecule has 1 aromatic rings. The average Bonchev–Trinajstić information content (AvgIpc) is 2.25. The van der Waals surface area contributed by atoms with Crippen LogP contribution < -0.4 is 0 Å². The van der Waals surface area contributed by atoms with Gasteiger partial charge in [-0.2, -0.15) is 0 Å². The number of carbonyl (C=O) groups excluding carboxylic acids is 1. The Morgan fingerprint density at radius 2 is 1.72 bits per heavy atom. The van der Waals surface area contributed by atoms with Crippen LogP contribution in [0.15, 0.2) is 24.3 Å². The van der Waals surface area contributed by atoms with Gasteiger partial charge in [0, 0.05) is 18.1 Å². The fraction of sp³-hybridized carbons (Fsp3) is 0.462. The molecule has 5 heteroatoms. The van der Waals surface area contributed by atoms with Crippen molar-refractivity contribution in [3.63, 3.8) is 0 Å². The van der Waals surface area contributed by atoms with Crippen LogP contribution >= 0.6 is 0 Å². The predicted molar refractivity (Wildman–Crippen MR) is 68.8 cm³/mol. The summed E-state index contributed by atoms with van der Waals surface area (Å²) in [5.41, 5.74) is -0.124. The molecule has 0 aromatic heterocycles. The topological polar surface area (TPSA) is 51.2 Å². The third-order valence-corrected chi connectivity index (χ3v) is 3.91. The van der Waals surface area contributed by atoms with Gasteiger partial charge in [-0.25, -0.2) is 12.8 Å². The summed E-state index contributed by atoms with van der Waals surface area (Å²) in [6, 6.07) is 5.68. The molecule has 0 fully saturated rings. The smallest absolute Gasteiger partial charge is 0.147 e. The van der Waals surface area contributed by atoms with E-state index in [0.29, 0.717) is 5.56 Å². The van der Waals surface area contributed by atoms with Crippen molar-refractivity contribution in [2.75, 3.05) is 12.0 Å². The average molecular weight is 272 g/mol. The molecule has 18 heavy (non-hydrogen) atoms. The van der Waals surface area contributed by atoms with Crippen molar-refractivity contribution >= 4 is 15.6 Å². The van der Waals surface area contributed by atoms with E-state index in [0.717, 1.165) is 6.26 Å². The molecule has 0 aliphatic heterocycles. The minimum atomic E-state index is -3.15. The summed E-state index contributed by atoms with van der Waals surface area (Å²) in [4.78, 5) is 12.0. The molecule has 0 aliphatic carbocycles. The van der Waals surface area contributed by atoms with E-state index < -0.39 is 15.3 Å². The summed E-state index contributed by atoms with van der Waals surface area (Å²) in [5, 5.41) is 0. The maximum absolute atomic E-state index is 12.8. The molecule has 0 saturated carbocycles. The molecule has 0 saturated heterocycles. The molecular weight excluding hydrogens is 255 g/mol. The Morgan fingerprint density at radius 1 is 1.22 bits per heavy atom. The number of halogens is 1. The lowest BCUT2D eigenvalue weighted by Gasteiger charge is -2.23. The molecule has 0 radical (unpaired) electrons. The van der Waals surface area contributed by atoms with E-state index in [2.05, 4.69) is 0 Å². The second-order valence-corrected chi connectivity index (χ2v) is 7.19. The third kappa shape index (κ3) is 3.91. The van der Waals surface area contributed by atoms with Crippen LogP contribution in [0, 0.1) is 5.82 Å². The molecular formula is C13H17FO3S. The van der Waals surface area contributed by atoms with Gasteiger partial charge in [0.2, 0.25) is 0 Å². The summed E-state index contributed by atoms with van der Waals surface area (Å²) in [6.07, 6.45) is 1.08. The second kappa shape index (κ2) is 5.18. The molecule has 0 N–H and O–H groups in total. The van der Waals surface area contributed by atoms with Crippen molar-refractivity contribution in [3.8, 4) is 0 Å². The standard InChI is InChI=1S/C13H17FO3S/c1-13(2,10-4-6-11(14)7-5-10)12(15)8-9-18(3,16)17/h4-7H,8-9H2,1-3H3. The molecule has 0 heterocycles. The van der Waals surface area contributed by atoms with Crippen LogP contribution in [-0.4, -0.2) is 26.2 Å². The highest BCUT2D eigenvalue weighted by Crippen LogP contribution is 2.25. The van der Waals surface area contributed by atoms with Crippen LogP contribution in [0.1, 0.15) is 25.8 Å². The largest absolute Gasteiger partial charge is 0.299 e. The van der Waals surface area contributed by atoms with Crippen LogP contribution in [0.3, 0.4) is 0 Å². The summed E-state index contributed by atoms with van der Waals surface area (Å²) >= 11 is 0. The molecule has 0 spiro atoms. The number of hydrogen-bond donors (Lipinski definition) is 0. The van der Waals surface area contributed by atoms with Crippen molar-refractivity contribution in [1.82, 2.24) is 0 Å². The van der Waals surface area contributed by atoms with Gasteiger partial charge < -0.3 is 0 Å². The number of ketones is 1. The van der Waals surface area contributed by atoms with Gasteiger partial charge in [0.15, 0.2) is 0 Å². The minimum absolute atomic E-state index is 0.0246. The molecule has 0 amide bonds. The van der Waals surface area contributed by atoms with Gasteiger partial charge in [0.05, 0.1) is 5.75 Å². The summed E-state index contributed by atoms with van der Waals surface area (Å²) in [5.74, 6) is -0.686. The highest BCUT2D eigenvalue weighted by Gasteiger charge is 2.29. The Kier molecular flexibility index (Phi) is 4.27. The Hall–Kier alpha value is -1.23. The van der Waals surface area contributed by atoms with Gasteiger partial charge in [-0.1, -0.05) is 12.1 Å². The Balaban J connectivity index is 2.86. The van der Waals surface area contributed by atoms with Crippen LogP contribution in [-0.2, 0) is 20.0 Å². The first-order valence-corrected chi connectivity index (χ1v) is 7.66. The van der Waals surface area contributed by atoms with Gasteiger partial charge in [-0.05, 0) is 31.5 Å².